The molecule has 0 unspecified atom stereocenters. The molecule has 43 heavy (non-hydrogen) atoms. The SMILES string of the molecule is CCOc1cc2c(cc1OCC)[C@@H]1[C@@H](C(=O)Nc3ccc4c(c3)c3ccccc3n4CC)c3ccccc3C(=O)N1CC2. The van der Waals surface area contributed by atoms with Gasteiger partial charge in [0.2, 0.25) is 5.91 Å². The summed E-state index contributed by atoms with van der Waals surface area (Å²) in [6, 6.07) is 25.5. The van der Waals surface area contributed by atoms with Gasteiger partial charge in [-0.15, -0.1) is 0 Å². The average molecular weight is 574 g/mol. The van der Waals surface area contributed by atoms with Gasteiger partial charge >= 0.3 is 0 Å². The second-order valence-corrected chi connectivity index (χ2v) is 11.1. The number of amides is 2. The largest absolute Gasteiger partial charge is 0.490 e. The van der Waals surface area contributed by atoms with Crippen molar-refractivity contribution >= 4 is 39.3 Å². The van der Waals surface area contributed by atoms with Crippen LogP contribution in [0.5, 0.6) is 11.5 Å². The Bertz CT molecular complexity index is 1890. The van der Waals surface area contributed by atoms with E-state index in [0.29, 0.717) is 43.2 Å². The molecule has 0 saturated heterocycles. The van der Waals surface area contributed by atoms with Crippen LogP contribution in [0.15, 0.2) is 78.9 Å². The quantitative estimate of drug-likeness (QED) is 0.226. The van der Waals surface area contributed by atoms with E-state index in [1.54, 1.807) is 0 Å². The van der Waals surface area contributed by atoms with Crippen LogP contribution >= 0.6 is 0 Å². The van der Waals surface area contributed by atoms with Gasteiger partial charge < -0.3 is 24.3 Å². The van der Waals surface area contributed by atoms with E-state index in [2.05, 4.69) is 47.1 Å². The van der Waals surface area contributed by atoms with Crippen LogP contribution in [0.4, 0.5) is 5.69 Å². The topological polar surface area (TPSA) is 72.8 Å². The first kappa shape index (κ1) is 27.1. The van der Waals surface area contributed by atoms with Crippen molar-refractivity contribution in [1.82, 2.24) is 9.47 Å². The Kier molecular flexibility index (Phi) is 6.80. The lowest BCUT2D eigenvalue weighted by Crippen LogP contribution is -2.49. The summed E-state index contributed by atoms with van der Waals surface area (Å²) in [6.07, 6.45) is 0.679. The Morgan fingerprint density at radius 2 is 1.56 bits per heavy atom. The van der Waals surface area contributed by atoms with Gasteiger partial charge in [-0.2, -0.15) is 0 Å². The predicted molar refractivity (Wildman–Crippen MR) is 169 cm³/mol. The number of anilines is 1. The van der Waals surface area contributed by atoms with E-state index in [9.17, 15) is 9.59 Å². The molecule has 7 nitrogen and oxygen atoms in total. The molecule has 2 amide bonds. The number of aromatic nitrogens is 1. The molecule has 7 rings (SSSR count). The van der Waals surface area contributed by atoms with E-state index < -0.39 is 12.0 Å². The van der Waals surface area contributed by atoms with Crippen LogP contribution in [0.3, 0.4) is 0 Å². The van der Waals surface area contributed by atoms with Gasteiger partial charge in [0, 0.05) is 46.1 Å². The van der Waals surface area contributed by atoms with Crippen molar-refractivity contribution in [2.75, 3.05) is 25.1 Å². The number of hydrogen-bond acceptors (Lipinski definition) is 4. The van der Waals surface area contributed by atoms with E-state index >= 15 is 0 Å². The number of ether oxygens (including phenoxy) is 2. The third kappa shape index (κ3) is 4.33. The zero-order valence-electron chi connectivity index (χ0n) is 24.7. The molecular formula is C36H35N3O4. The minimum Gasteiger partial charge on any atom is -0.490 e. The zero-order chi connectivity index (χ0) is 29.7. The van der Waals surface area contributed by atoms with Crippen molar-refractivity contribution in [3.63, 3.8) is 0 Å². The maximum atomic E-state index is 14.4. The maximum absolute atomic E-state index is 14.4. The number of carbonyl (C=O) groups is 2. The Hall–Kier alpha value is -4.78. The minimum atomic E-state index is -0.604. The Labute approximate surface area is 251 Å². The third-order valence-corrected chi connectivity index (χ3v) is 8.82. The first-order valence-corrected chi connectivity index (χ1v) is 15.2. The van der Waals surface area contributed by atoms with Gasteiger partial charge in [-0.3, -0.25) is 9.59 Å². The molecule has 0 fully saturated rings. The van der Waals surface area contributed by atoms with Gasteiger partial charge in [-0.05, 0) is 86.3 Å². The van der Waals surface area contributed by atoms with Gasteiger partial charge in [0.15, 0.2) is 11.5 Å². The van der Waals surface area contributed by atoms with Gasteiger partial charge in [-0.1, -0.05) is 36.4 Å². The monoisotopic (exact) mass is 573 g/mol. The van der Waals surface area contributed by atoms with Crippen LogP contribution in [-0.4, -0.2) is 41.0 Å². The Balaban J connectivity index is 1.33. The summed E-state index contributed by atoms with van der Waals surface area (Å²) < 4.78 is 14.2. The molecule has 218 valence electrons. The molecule has 0 spiro atoms. The van der Waals surface area contributed by atoms with E-state index in [-0.39, 0.29) is 11.8 Å². The summed E-state index contributed by atoms with van der Waals surface area (Å²) in [6.45, 7) is 8.41. The highest BCUT2D eigenvalue weighted by Crippen LogP contribution is 2.48. The second-order valence-electron chi connectivity index (χ2n) is 11.1. The molecule has 2 aliphatic heterocycles. The fourth-order valence-corrected chi connectivity index (χ4v) is 7.05. The first-order chi connectivity index (χ1) is 21.0. The molecule has 4 aromatic carbocycles. The van der Waals surface area contributed by atoms with Crippen LogP contribution in [0.1, 0.15) is 59.8 Å². The van der Waals surface area contributed by atoms with Crippen molar-refractivity contribution in [2.24, 2.45) is 0 Å². The second kappa shape index (κ2) is 10.8. The number of carbonyl (C=O) groups excluding carboxylic acids is 2. The number of rotatable bonds is 7. The van der Waals surface area contributed by atoms with Crippen molar-refractivity contribution in [2.45, 2.75) is 45.7 Å². The van der Waals surface area contributed by atoms with Gasteiger partial charge in [0.1, 0.15) is 0 Å². The molecular weight excluding hydrogens is 538 g/mol. The van der Waals surface area contributed by atoms with E-state index in [0.717, 1.165) is 45.2 Å². The predicted octanol–water partition coefficient (Wildman–Crippen LogP) is 7.09. The Morgan fingerprint density at radius 1 is 0.837 bits per heavy atom. The molecule has 2 aliphatic rings. The van der Waals surface area contributed by atoms with Crippen molar-refractivity contribution < 1.29 is 19.1 Å². The summed E-state index contributed by atoms with van der Waals surface area (Å²) >= 11 is 0. The van der Waals surface area contributed by atoms with Gasteiger partial charge in [-0.25, -0.2) is 0 Å². The highest BCUT2D eigenvalue weighted by molar-refractivity contribution is 6.10. The fraction of sp³-hybridized carbons (Fsp3) is 0.278. The normalized spacial score (nSPS) is 17.4. The Morgan fingerprint density at radius 3 is 2.35 bits per heavy atom. The number of hydrogen-bond donors (Lipinski definition) is 1. The summed E-state index contributed by atoms with van der Waals surface area (Å²) in [5.41, 5.74) is 6.38. The molecule has 0 bridgehead atoms. The lowest BCUT2D eigenvalue weighted by Gasteiger charge is -2.45. The fourth-order valence-electron chi connectivity index (χ4n) is 7.05. The van der Waals surface area contributed by atoms with Crippen molar-refractivity contribution in [3.05, 3.63) is 101 Å². The van der Waals surface area contributed by atoms with Crippen LogP contribution < -0.4 is 14.8 Å². The lowest BCUT2D eigenvalue weighted by molar-refractivity contribution is -0.119. The summed E-state index contributed by atoms with van der Waals surface area (Å²) in [7, 11) is 0. The average Bonchev–Trinajstić information content (AvgIpc) is 3.34. The number of para-hydroxylation sites is 1. The molecule has 0 radical (unpaired) electrons. The molecule has 7 heteroatoms. The molecule has 3 heterocycles. The maximum Gasteiger partial charge on any atom is 0.254 e. The van der Waals surface area contributed by atoms with Crippen LogP contribution in [0.2, 0.25) is 0 Å². The summed E-state index contributed by atoms with van der Waals surface area (Å²) in [4.78, 5) is 30.1. The highest BCUT2D eigenvalue weighted by Gasteiger charge is 2.46. The molecule has 1 aromatic heterocycles. The number of fused-ring (bicyclic) bond motifs is 7. The van der Waals surface area contributed by atoms with E-state index in [1.165, 1.54) is 5.52 Å². The van der Waals surface area contributed by atoms with E-state index in [1.807, 2.05) is 67.3 Å². The number of benzene rings is 4. The smallest absolute Gasteiger partial charge is 0.254 e. The summed E-state index contributed by atoms with van der Waals surface area (Å²) in [5.74, 6) is 0.532. The molecule has 0 aliphatic carbocycles. The molecule has 2 atom stereocenters. The number of aryl methyl sites for hydroxylation is 1. The van der Waals surface area contributed by atoms with Crippen LogP contribution in [0.25, 0.3) is 21.8 Å². The van der Waals surface area contributed by atoms with Crippen molar-refractivity contribution in [1.29, 1.82) is 0 Å². The number of nitrogens with one attached hydrogen (secondary N) is 1. The first-order valence-electron chi connectivity index (χ1n) is 15.2. The lowest BCUT2D eigenvalue weighted by atomic mass is 9.75. The molecule has 1 N–H and O–H groups in total. The van der Waals surface area contributed by atoms with Gasteiger partial charge in [0.05, 0.1) is 25.2 Å². The van der Waals surface area contributed by atoms with E-state index in [4.69, 9.17) is 9.47 Å². The number of nitrogens with zero attached hydrogens (tertiary/aromatic N) is 2. The van der Waals surface area contributed by atoms with Crippen molar-refractivity contribution in [3.8, 4) is 11.5 Å². The third-order valence-electron chi connectivity index (χ3n) is 8.82. The molecule has 0 saturated carbocycles. The van der Waals surface area contributed by atoms with Crippen LogP contribution in [0, 0.1) is 0 Å². The zero-order valence-corrected chi connectivity index (χ0v) is 24.7. The standard InChI is InChI=1S/C36H35N3O4/c1-4-38-29-14-10-9-11-24(29)28-20-23(15-16-30(28)38)37-35(40)33-25-12-7-8-13-26(25)36(41)39-18-17-22-19-31(42-5-2)32(43-6-3)21-27(22)34(33)39/h7-16,19-21,33-34H,4-6,17-18H2,1-3H3,(H,37,40)/t33-,34+/m0/s1. The summed E-state index contributed by atoms with van der Waals surface area (Å²) in [5, 5.41) is 5.50. The minimum absolute atomic E-state index is 0.0454. The molecule has 5 aromatic rings. The highest BCUT2D eigenvalue weighted by atomic mass is 16.5. The van der Waals surface area contributed by atoms with Gasteiger partial charge in [0.25, 0.3) is 5.91 Å². The van der Waals surface area contributed by atoms with Crippen LogP contribution in [-0.2, 0) is 17.8 Å².